The summed E-state index contributed by atoms with van der Waals surface area (Å²) >= 11 is 0. The first-order valence-corrected chi connectivity index (χ1v) is 3.26. The van der Waals surface area contributed by atoms with E-state index in [0.29, 0.717) is 5.57 Å². The standard InChI is InChI=1S/C5H8O2.C3H3FO2/c1-3-4(2)5(6)7;1-2(4)3(5)6/h3H,1-2H3,(H,6,7);1H2,(H,5,6). The smallest absolute Gasteiger partial charge is 0.364 e. The van der Waals surface area contributed by atoms with Crippen molar-refractivity contribution in [2.75, 3.05) is 0 Å². The zero-order valence-corrected chi connectivity index (χ0v) is 7.37. The molecule has 13 heavy (non-hydrogen) atoms. The molecule has 0 radical (unpaired) electrons. The van der Waals surface area contributed by atoms with E-state index in [9.17, 15) is 14.0 Å². The zero-order chi connectivity index (χ0) is 11.0. The third kappa shape index (κ3) is 10.4. The third-order valence-electron chi connectivity index (χ3n) is 1.00. The van der Waals surface area contributed by atoms with Crippen molar-refractivity contribution in [3.63, 3.8) is 0 Å². The quantitative estimate of drug-likeness (QED) is 0.648. The Bertz CT molecular complexity index is 231. The summed E-state index contributed by atoms with van der Waals surface area (Å²) in [6.45, 7) is 5.74. The van der Waals surface area contributed by atoms with Crippen LogP contribution in [0.15, 0.2) is 24.1 Å². The Hall–Kier alpha value is -1.65. The summed E-state index contributed by atoms with van der Waals surface area (Å²) < 4.78 is 11.0. The SMILES string of the molecule is C=C(F)C(=O)O.CC=C(C)C(=O)O. The number of hydrogen-bond acceptors (Lipinski definition) is 2. The van der Waals surface area contributed by atoms with Gasteiger partial charge in [0.25, 0.3) is 0 Å². The predicted molar refractivity (Wildman–Crippen MR) is 45.0 cm³/mol. The highest BCUT2D eigenvalue weighted by Crippen LogP contribution is 1.87. The molecule has 0 amide bonds. The van der Waals surface area contributed by atoms with Gasteiger partial charge in [0.1, 0.15) is 0 Å². The largest absolute Gasteiger partial charge is 0.478 e. The van der Waals surface area contributed by atoms with E-state index in [4.69, 9.17) is 10.2 Å². The third-order valence-corrected chi connectivity index (χ3v) is 1.00. The van der Waals surface area contributed by atoms with Gasteiger partial charge >= 0.3 is 11.9 Å². The Morgan fingerprint density at radius 1 is 1.31 bits per heavy atom. The van der Waals surface area contributed by atoms with Crippen molar-refractivity contribution in [1.82, 2.24) is 0 Å². The number of hydrogen-bond donors (Lipinski definition) is 2. The second-order valence-corrected chi connectivity index (χ2v) is 1.99. The van der Waals surface area contributed by atoms with E-state index in [1.807, 2.05) is 0 Å². The molecule has 0 aromatic heterocycles. The summed E-state index contributed by atoms with van der Waals surface area (Å²) in [5, 5.41) is 15.6. The van der Waals surface area contributed by atoms with Crippen molar-refractivity contribution < 1.29 is 24.2 Å². The normalized spacial score (nSPS) is 9.62. The van der Waals surface area contributed by atoms with Crippen molar-refractivity contribution in [2.45, 2.75) is 13.8 Å². The number of rotatable bonds is 2. The molecule has 0 atom stereocenters. The maximum atomic E-state index is 11.0. The molecule has 0 aliphatic rings. The highest BCUT2D eigenvalue weighted by molar-refractivity contribution is 5.85. The minimum absolute atomic E-state index is 0.389. The van der Waals surface area contributed by atoms with Gasteiger partial charge in [0.15, 0.2) is 0 Å². The van der Waals surface area contributed by atoms with Crippen molar-refractivity contribution in [1.29, 1.82) is 0 Å². The van der Waals surface area contributed by atoms with Gasteiger partial charge in [-0.25, -0.2) is 9.59 Å². The molecule has 0 aromatic carbocycles. The number of carbonyl (C=O) groups is 2. The molecule has 2 N–H and O–H groups in total. The lowest BCUT2D eigenvalue weighted by Crippen LogP contribution is -1.93. The van der Waals surface area contributed by atoms with Crippen molar-refractivity contribution in [3.8, 4) is 0 Å². The van der Waals surface area contributed by atoms with Crippen LogP contribution in [0.4, 0.5) is 4.39 Å². The van der Waals surface area contributed by atoms with Crippen LogP contribution in [0, 0.1) is 0 Å². The minimum Gasteiger partial charge on any atom is -0.478 e. The van der Waals surface area contributed by atoms with Gasteiger partial charge in [-0.2, -0.15) is 4.39 Å². The van der Waals surface area contributed by atoms with Crippen molar-refractivity contribution in [2.24, 2.45) is 0 Å². The average molecular weight is 190 g/mol. The molecule has 0 aliphatic heterocycles. The van der Waals surface area contributed by atoms with Gasteiger partial charge in [-0.15, -0.1) is 0 Å². The van der Waals surface area contributed by atoms with E-state index >= 15 is 0 Å². The molecule has 0 unspecified atom stereocenters. The van der Waals surface area contributed by atoms with E-state index < -0.39 is 17.8 Å². The molecule has 0 heterocycles. The molecule has 0 saturated heterocycles. The summed E-state index contributed by atoms with van der Waals surface area (Å²) in [4.78, 5) is 19.1. The van der Waals surface area contributed by atoms with Gasteiger partial charge in [-0.3, -0.25) is 0 Å². The molecule has 0 aliphatic carbocycles. The molecule has 0 saturated carbocycles. The molecule has 0 fully saturated rings. The van der Waals surface area contributed by atoms with Crippen molar-refractivity contribution in [3.05, 3.63) is 24.1 Å². The van der Waals surface area contributed by atoms with Gasteiger partial charge in [0.05, 0.1) is 0 Å². The van der Waals surface area contributed by atoms with E-state index in [1.165, 1.54) is 0 Å². The van der Waals surface area contributed by atoms with E-state index in [-0.39, 0.29) is 0 Å². The molecule has 0 aromatic rings. The highest BCUT2D eigenvalue weighted by atomic mass is 19.1. The number of allylic oxidation sites excluding steroid dienone is 1. The zero-order valence-electron chi connectivity index (χ0n) is 7.37. The second-order valence-electron chi connectivity index (χ2n) is 1.99. The molecular weight excluding hydrogens is 179 g/mol. The van der Waals surface area contributed by atoms with E-state index in [1.54, 1.807) is 19.9 Å². The van der Waals surface area contributed by atoms with Crippen LogP contribution in [-0.2, 0) is 9.59 Å². The van der Waals surface area contributed by atoms with E-state index in [2.05, 4.69) is 6.58 Å². The minimum atomic E-state index is -1.60. The molecule has 5 heteroatoms. The first-order valence-electron chi connectivity index (χ1n) is 3.26. The summed E-state index contributed by atoms with van der Waals surface area (Å²) in [7, 11) is 0. The molecule has 0 bridgehead atoms. The van der Waals surface area contributed by atoms with Crippen molar-refractivity contribution >= 4 is 11.9 Å². The molecule has 0 spiro atoms. The number of halogens is 1. The Kier molecular flexibility index (Phi) is 7.51. The van der Waals surface area contributed by atoms with Crippen LogP contribution in [0.1, 0.15) is 13.8 Å². The lowest BCUT2D eigenvalue weighted by molar-refractivity contribution is -0.134. The van der Waals surface area contributed by atoms with E-state index in [0.717, 1.165) is 0 Å². The van der Waals surface area contributed by atoms with Gasteiger partial charge < -0.3 is 10.2 Å². The summed E-state index contributed by atoms with van der Waals surface area (Å²) in [6, 6.07) is 0. The van der Waals surface area contributed by atoms with Crippen LogP contribution in [0.25, 0.3) is 0 Å². The van der Waals surface area contributed by atoms with Crippen LogP contribution in [0.5, 0.6) is 0 Å². The summed E-state index contributed by atoms with van der Waals surface area (Å²) in [5.41, 5.74) is 0.389. The van der Waals surface area contributed by atoms with Gasteiger partial charge in [0, 0.05) is 5.57 Å². The number of carboxylic acids is 2. The Balaban J connectivity index is 0. The highest BCUT2D eigenvalue weighted by Gasteiger charge is 1.96. The lowest BCUT2D eigenvalue weighted by Gasteiger charge is -1.84. The summed E-state index contributed by atoms with van der Waals surface area (Å²) in [6.07, 6.45) is 1.56. The Morgan fingerprint density at radius 2 is 1.62 bits per heavy atom. The predicted octanol–water partition coefficient (Wildman–Crippen LogP) is 1.59. The monoisotopic (exact) mass is 190 g/mol. The Labute approximate surface area is 75.0 Å². The number of aliphatic carboxylic acids is 2. The second kappa shape index (κ2) is 7.02. The molecular formula is C8H11FO4. The fraction of sp³-hybridized carbons (Fsp3) is 0.250. The topological polar surface area (TPSA) is 74.6 Å². The lowest BCUT2D eigenvalue weighted by atomic mass is 10.3. The fourth-order valence-electron chi connectivity index (χ4n) is 0.123. The van der Waals surface area contributed by atoms with Crippen LogP contribution < -0.4 is 0 Å². The fourth-order valence-corrected chi connectivity index (χ4v) is 0.123. The first kappa shape index (κ1) is 13.9. The average Bonchev–Trinajstić information content (AvgIpc) is 2.03. The molecule has 74 valence electrons. The van der Waals surface area contributed by atoms with Crippen LogP contribution in [-0.4, -0.2) is 22.2 Å². The maximum absolute atomic E-state index is 11.0. The van der Waals surface area contributed by atoms with Crippen LogP contribution in [0.2, 0.25) is 0 Å². The maximum Gasteiger partial charge on any atom is 0.364 e. The van der Waals surface area contributed by atoms with Gasteiger partial charge in [-0.1, -0.05) is 12.7 Å². The first-order chi connectivity index (χ1) is 5.82. The number of carboxylic acid groups (broad SMARTS) is 2. The van der Waals surface area contributed by atoms with Gasteiger partial charge in [-0.05, 0) is 13.8 Å². The van der Waals surface area contributed by atoms with Crippen LogP contribution >= 0.6 is 0 Å². The molecule has 0 rings (SSSR count). The van der Waals surface area contributed by atoms with Gasteiger partial charge in [0.2, 0.25) is 5.83 Å². The van der Waals surface area contributed by atoms with Crippen LogP contribution in [0.3, 0.4) is 0 Å². The summed E-state index contributed by atoms with van der Waals surface area (Å²) in [5.74, 6) is -3.77. The molecule has 4 nitrogen and oxygen atoms in total. The Morgan fingerprint density at radius 3 is 1.62 bits per heavy atom.